The fraction of sp³-hybridized carbons (Fsp3) is 0.688. The molecule has 1 saturated heterocycles. The first kappa shape index (κ1) is 13.5. The van der Waals surface area contributed by atoms with E-state index in [1.165, 1.54) is 38.5 Å². The highest BCUT2D eigenvalue weighted by Gasteiger charge is 2.34. The Morgan fingerprint density at radius 1 is 1.25 bits per heavy atom. The third kappa shape index (κ3) is 2.56. The molecule has 20 heavy (non-hydrogen) atoms. The summed E-state index contributed by atoms with van der Waals surface area (Å²) in [5.41, 5.74) is 6.56. The van der Waals surface area contributed by atoms with Crippen molar-refractivity contribution in [1.82, 2.24) is 4.98 Å². The van der Waals surface area contributed by atoms with E-state index in [9.17, 15) is 0 Å². The highest BCUT2D eigenvalue weighted by atomic mass is 16.5. The van der Waals surface area contributed by atoms with Crippen LogP contribution in [0.4, 0.5) is 11.5 Å². The van der Waals surface area contributed by atoms with Crippen LogP contribution >= 0.6 is 0 Å². The molecule has 1 saturated carbocycles. The lowest BCUT2D eigenvalue weighted by molar-refractivity contribution is 0.328. The van der Waals surface area contributed by atoms with Crippen LogP contribution in [0.1, 0.15) is 45.4 Å². The smallest absolute Gasteiger partial charge is 0.239 e. The van der Waals surface area contributed by atoms with Crippen molar-refractivity contribution >= 4 is 11.5 Å². The van der Waals surface area contributed by atoms with Crippen LogP contribution in [0.15, 0.2) is 12.1 Å². The largest absolute Gasteiger partial charge is 0.476 e. The first-order valence-corrected chi connectivity index (χ1v) is 7.95. The Kier molecular flexibility index (Phi) is 3.99. The van der Waals surface area contributed by atoms with Crippen LogP contribution < -0.4 is 15.4 Å². The molecular formula is C16H25N3O. The molecule has 1 aliphatic carbocycles. The molecule has 1 unspecified atom stereocenters. The second-order valence-corrected chi connectivity index (χ2v) is 5.94. The van der Waals surface area contributed by atoms with Crippen molar-refractivity contribution in [1.29, 1.82) is 0 Å². The molecule has 0 radical (unpaired) electrons. The van der Waals surface area contributed by atoms with Crippen molar-refractivity contribution < 1.29 is 4.74 Å². The maximum absolute atomic E-state index is 5.92. The van der Waals surface area contributed by atoms with Crippen molar-refractivity contribution in [3.8, 4) is 5.88 Å². The maximum Gasteiger partial charge on any atom is 0.239 e. The Hall–Kier alpha value is -1.45. The molecule has 2 heterocycles. The van der Waals surface area contributed by atoms with E-state index in [4.69, 9.17) is 10.5 Å². The van der Waals surface area contributed by atoms with E-state index in [1.54, 1.807) is 0 Å². The monoisotopic (exact) mass is 275 g/mol. The lowest BCUT2D eigenvalue weighted by Crippen LogP contribution is -2.35. The van der Waals surface area contributed by atoms with Gasteiger partial charge in [0.15, 0.2) is 0 Å². The molecule has 1 aromatic rings. The van der Waals surface area contributed by atoms with Gasteiger partial charge < -0.3 is 15.4 Å². The van der Waals surface area contributed by atoms with Gasteiger partial charge in [-0.2, -0.15) is 4.98 Å². The standard InChI is InChI=1S/C16H25N3O/c1-2-20-16-13(17)9-10-15(18-16)19-11-5-8-14(19)12-6-3-4-7-12/h9-10,12,14H,2-8,11,17H2,1H3. The summed E-state index contributed by atoms with van der Waals surface area (Å²) in [4.78, 5) is 7.13. The number of nitrogen functional groups attached to an aromatic ring is 1. The first-order valence-electron chi connectivity index (χ1n) is 7.95. The van der Waals surface area contributed by atoms with Crippen LogP contribution in [0, 0.1) is 5.92 Å². The molecule has 4 nitrogen and oxygen atoms in total. The van der Waals surface area contributed by atoms with E-state index in [1.807, 2.05) is 19.1 Å². The Bertz CT molecular complexity index is 457. The summed E-state index contributed by atoms with van der Waals surface area (Å²) in [6, 6.07) is 4.64. The topological polar surface area (TPSA) is 51.4 Å². The Morgan fingerprint density at radius 2 is 2.05 bits per heavy atom. The van der Waals surface area contributed by atoms with Gasteiger partial charge in [0.1, 0.15) is 5.82 Å². The number of hydrogen-bond acceptors (Lipinski definition) is 4. The van der Waals surface area contributed by atoms with Crippen LogP contribution in [0.5, 0.6) is 5.88 Å². The molecule has 4 heteroatoms. The molecule has 2 N–H and O–H groups in total. The minimum absolute atomic E-state index is 0.585. The second-order valence-electron chi connectivity index (χ2n) is 5.94. The molecule has 1 aromatic heterocycles. The lowest BCUT2D eigenvalue weighted by atomic mass is 9.96. The van der Waals surface area contributed by atoms with Crippen molar-refractivity contribution in [3.05, 3.63) is 12.1 Å². The molecule has 0 spiro atoms. The SMILES string of the molecule is CCOc1nc(N2CCCC2C2CCCC2)ccc1N. The molecule has 0 amide bonds. The molecule has 1 atom stereocenters. The van der Waals surface area contributed by atoms with E-state index >= 15 is 0 Å². The van der Waals surface area contributed by atoms with Crippen LogP contribution in [0.2, 0.25) is 0 Å². The summed E-state index contributed by atoms with van der Waals surface area (Å²) in [7, 11) is 0. The van der Waals surface area contributed by atoms with Gasteiger partial charge in [-0.15, -0.1) is 0 Å². The van der Waals surface area contributed by atoms with Crippen LogP contribution in [0.25, 0.3) is 0 Å². The van der Waals surface area contributed by atoms with Crippen LogP contribution in [-0.2, 0) is 0 Å². The lowest BCUT2D eigenvalue weighted by Gasteiger charge is -2.30. The molecular weight excluding hydrogens is 250 g/mol. The third-order valence-electron chi connectivity index (χ3n) is 4.69. The highest BCUT2D eigenvalue weighted by Crippen LogP contribution is 2.38. The zero-order chi connectivity index (χ0) is 13.9. The van der Waals surface area contributed by atoms with Crippen molar-refractivity contribution in [2.45, 2.75) is 51.5 Å². The minimum atomic E-state index is 0.585. The molecule has 0 aromatic carbocycles. The van der Waals surface area contributed by atoms with Gasteiger partial charge in [-0.3, -0.25) is 0 Å². The number of anilines is 2. The van der Waals surface area contributed by atoms with Crippen LogP contribution in [0.3, 0.4) is 0 Å². The molecule has 3 rings (SSSR count). The zero-order valence-electron chi connectivity index (χ0n) is 12.3. The van der Waals surface area contributed by atoms with Crippen molar-refractivity contribution in [2.24, 2.45) is 5.92 Å². The fourth-order valence-electron chi connectivity index (χ4n) is 3.76. The van der Waals surface area contributed by atoms with Gasteiger partial charge in [0.25, 0.3) is 0 Å². The van der Waals surface area contributed by atoms with Crippen LogP contribution in [-0.4, -0.2) is 24.2 Å². The van der Waals surface area contributed by atoms with Gasteiger partial charge in [0, 0.05) is 12.6 Å². The summed E-state index contributed by atoms with van der Waals surface area (Å²) in [6.45, 7) is 3.68. The predicted octanol–water partition coefficient (Wildman–Crippen LogP) is 3.22. The average Bonchev–Trinajstić information content (AvgIpc) is 3.11. The summed E-state index contributed by atoms with van der Waals surface area (Å²) in [6.07, 6.45) is 8.14. The van der Waals surface area contributed by atoms with E-state index in [0.717, 1.165) is 18.3 Å². The summed E-state index contributed by atoms with van der Waals surface area (Å²) in [5, 5.41) is 0. The Morgan fingerprint density at radius 3 is 2.80 bits per heavy atom. The molecule has 110 valence electrons. The number of nitrogens with two attached hydrogens (primary N) is 1. The van der Waals surface area contributed by atoms with Gasteiger partial charge in [0.05, 0.1) is 12.3 Å². The number of hydrogen-bond donors (Lipinski definition) is 1. The molecule has 1 aliphatic heterocycles. The number of rotatable bonds is 4. The molecule has 2 fully saturated rings. The number of nitrogens with zero attached hydrogens (tertiary/aromatic N) is 2. The summed E-state index contributed by atoms with van der Waals surface area (Å²) >= 11 is 0. The van der Waals surface area contributed by atoms with Crippen molar-refractivity contribution in [3.63, 3.8) is 0 Å². The van der Waals surface area contributed by atoms with Gasteiger partial charge >= 0.3 is 0 Å². The minimum Gasteiger partial charge on any atom is -0.476 e. The number of aromatic nitrogens is 1. The predicted molar refractivity (Wildman–Crippen MR) is 82.1 cm³/mol. The maximum atomic E-state index is 5.92. The van der Waals surface area contributed by atoms with Gasteiger partial charge in [-0.1, -0.05) is 12.8 Å². The summed E-state index contributed by atoms with van der Waals surface area (Å²) < 4.78 is 5.53. The van der Waals surface area contributed by atoms with Gasteiger partial charge in [-0.25, -0.2) is 0 Å². The quantitative estimate of drug-likeness (QED) is 0.916. The average molecular weight is 275 g/mol. The number of pyridine rings is 1. The fourth-order valence-corrected chi connectivity index (χ4v) is 3.76. The van der Waals surface area contributed by atoms with E-state index in [-0.39, 0.29) is 0 Å². The van der Waals surface area contributed by atoms with E-state index in [2.05, 4.69) is 9.88 Å². The van der Waals surface area contributed by atoms with Crippen molar-refractivity contribution in [2.75, 3.05) is 23.8 Å². The Balaban J connectivity index is 1.81. The second kappa shape index (κ2) is 5.90. The van der Waals surface area contributed by atoms with Gasteiger partial charge in [0.2, 0.25) is 5.88 Å². The van der Waals surface area contributed by atoms with E-state index < -0.39 is 0 Å². The first-order chi connectivity index (χ1) is 9.79. The number of ether oxygens (including phenoxy) is 1. The normalized spacial score (nSPS) is 23.4. The van der Waals surface area contributed by atoms with Gasteiger partial charge in [-0.05, 0) is 50.7 Å². The molecule has 2 aliphatic rings. The Labute approximate surface area is 121 Å². The highest BCUT2D eigenvalue weighted by molar-refractivity contribution is 5.55. The third-order valence-corrected chi connectivity index (χ3v) is 4.69. The summed E-state index contributed by atoms with van der Waals surface area (Å²) in [5.74, 6) is 2.48. The van der Waals surface area contributed by atoms with E-state index in [0.29, 0.717) is 24.2 Å². The molecule has 0 bridgehead atoms. The zero-order valence-corrected chi connectivity index (χ0v) is 12.3.